The van der Waals surface area contributed by atoms with E-state index in [1.807, 2.05) is 0 Å². The predicted octanol–water partition coefficient (Wildman–Crippen LogP) is 0.0563. The van der Waals surface area contributed by atoms with Crippen molar-refractivity contribution in [2.45, 2.75) is 12.1 Å². The van der Waals surface area contributed by atoms with Gasteiger partial charge < -0.3 is 10.2 Å². The molecule has 2 fully saturated rings. The number of likely N-dealkylation sites (tertiary alicyclic amines) is 1. The smallest absolute Gasteiger partial charge is 0 e. The van der Waals surface area contributed by atoms with Crippen LogP contribution >= 0.6 is 0 Å². The molecule has 0 aliphatic carbocycles. The summed E-state index contributed by atoms with van der Waals surface area (Å²) < 4.78 is 0. The summed E-state index contributed by atoms with van der Waals surface area (Å²) >= 11 is 0. The Kier molecular flexibility index (Phi) is 2.04. The summed E-state index contributed by atoms with van der Waals surface area (Å²) in [5.41, 5.74) is 0. The van der Waals surface area contributed by atoms with Crippen LogP contribution in [0.1, 0.15) is 0 Å². The van der Waals surface area contributed by atoms with Crippen LogP contribution in [0.25, 0.3) is 5.32 Å². The van der Waals surface area contributed by atoms with E-state index < -0.39 is 0 Å². The van der Waals surface area contributed by atoms with Crippen molar-refractivity contribution in [3.63, 3.8) is 0 Å². The van der Waals surface area contributed by atoms with Crippen LogP contribution in [0.5, 0.6) is 0 Å². The summed E-state index contributed by atoms with van der Waals surface area (Å²) in [5.74, 6) is 0. The molecule has 44 valence electrons. The average molecular weight is 335 g/mol. The quantitative estimate of drug-likeness (QED) is 0.572. The number of fused-ring (bicyclic) bond motifs is 1. The topological polar surface area (TPSA) is 17.3 Å². The van der Waals surface area contributed by atoms with Crippen molar-refractivity contribution in [3.8, 4) is 0 Å². The van der Waals surface area contributed by atoms with E-state index in [-0.39, 0.29) is 31.1 Å². The summed E-state index contributed by atoms with van der Waals surface area (Å²) in [6.07, 6.45) is 0. The first-order valence-corrected chi connectivity index (χ1v) is 2.75. The zero-order valence-corrected chi connectivity index (χ0v) is 9.13. The van der Waals surface area contributed by atoms with Crippen molar-refractivity contribution in [3.05, 3.63) is 5.32 Å². The van der Waals surface area contributed by atoms with Crippen molar-refractivity contribution in [1.82, 2.24) is 4.90 Å². The minimum atomic E-state index is 0. The second-order valence-corrected chi connectivity index (χ2v) is 2.50. The van der Waals surface area contributed by atoms with E-state index in [4.69, 9.17) is 0 Å². The van der Waals surface area contributed by atoms with Crippen molar-refractivity contribution in [1.29, 1.82) is 0 Å². The van der Waals surface area contributed by atoms with Crippen LogP contribution in [0.15, 0.2) is 0 Å². The Morgan fingerprint density at radius 3 is 2.12 bits per heavy atom. The molecular formula is C5H9N2U-. The Balaban J connectivity index is 0.000000320. The maximum absolute atomic E-state index is 4.27. The van der Waals surface area contributed by atoms with Crippen LogP contribution in [-0.2, 0) is 0 Å². The molecule has 2 unspecified atom stereocenters. The largest absolute Gasteiger partial charge is 0.657 e. The van der Waals surface area contributed by atoms with Gasteiger partial charge in [0.05, 0.1) is 0 Å². The monoisotopic (exact) mass is 335 g/mol. The van der Waals surface area contributed by atoms with Gasteiger partial charge in [-0.3, -0.25) is 0 Å². The van der Waals surface area contributed by atoms with Gasteiger partial charge >= 0.3 is 0 Å². The van der Waals surface area contributed by atoms with E-state index in [1.54, 1.807) is 0 Å². The summed E-state index contributed by atoms with van der Waals surface area (Å²) in [6.45, 7) is 2.43. The number of nitrogens with zero attached hydrogens (tertiary/aromatic N) is 2. The van der Waals surface area contributed by atoms with E-state index >= 15 is 0 Å². The summed E-state index contributed by atoms with van der Waals surface area (Å²) in [6, 6.07) is 1.48. The molecule has 0 N–H and O–H groups in total. The van der Waals surface area contributed by atoms with Gasteiger partial charge in [0, 0.05) is 31.1 Å². The van der Waals surface area contributed by atoms with Crippen LogP contribution in [-0.4, -0.2) is 37.1 Å². The summed E-state index contributed by atoms with van der Waals surface area (Å²) in [7, 11) is 2.15. The summed E-state index contributed by atoms with van der Waals surface area (Å²) in [5, 5.41) is 4.27. The van der Waals surface area contributed by atoms with Crippen LogP contribution < -0.4 is 0 Å². The molecule has 0 bridgehead atoms. The maximum atomic E-state index is 4.27. The van der Waals surface area contributed by atoms with Gasteiger partial charge in [-0.05, 0) is 20.1 Å². The molecule has 3 heteroatoms. The Bertz CT molecular complexity index is 86.4. The number of piperazine rings is 1. The number of rotatable bonds is 0. The third-order valence-corrected chi connectivity index (χ3v) is 1.73. The number of hydrogen-bond acceptors (Lipinski definition) is 1. The van der Waals surface area contributed by atoms with Gasteiger partial charge in [0.15, 0.2) is 0 Å². The molecule has 2 saturated heterocycles. The molecule has 2 aliphatic heterocycles. The predicted molar refractivity (Wildman–Crippen MR) is 28.4 cm³/mol. The van der Waals surface area contributed by atoms with Crippen LogP contribution in [0.2, 0.25) is 0 Å². The van der Waals surface area contributed by atoms with Gasteiger partial charge in [-0.1, -0.05) is 0 Å². The molecule has 0 saturated carbocycles. The van der Waals surface area contributed by atoms with Gasteiger partial charge in [-0.15, -0.1) is 12.1 Å². The molecule has 0 aromatic rings. The molecule has 0 radical (unpaired) electrons. The first kappa shape index (κ1) is 7.08. The summed E-state index contributed by atoms with van der Waals surface area (Å²) in [4.78, 5) is 2.34. The van der Waals surface area contributed by atoms with E-state index in [0.29, 0.717) is 0 Å². The normalized spacial score (nSPS) is 43.1. The fourth-order valence-corrected chi connectivity index (χ4v) is 1.25. The van der Waals surface area contributed by atoms with Crippen LogP contribution in [0.3, 0.4) is 0 Å². The van der Waals surface area contributed by atoms with Crippen LogP contribution in [0, 0.1) is 31.1 Å². The third kappa shape index (κ3) is 1.11. The Hall–Kier alpha value is 0.972. The van der Waals surface area contributed by atoms with E-state index in [0.717, 1.165) is 12.1 Å². The van der Waals surface area contributed by atoms with Gasteiger partial charge in [-0.2, -0.15) is 0 Å². The molecular weight excluding hydrogens is 326 g/mol. The fraction of sp³-hybridized carbons (Fsp3) is 1.00. The van der Waals surface area contributed by atoms with Gasteiger partial charge in [0.1, 0.15) is 0 Å². The van der Waals surface area contributed by atoms with Gasteiger partial charge in [0.2, 0.25) is 0 Å². The average Bonchev–Trinajstić information content (AvgIpc) is 2.15. The molecule has 2 aliphatic rings. The van der Waals surface area contributed by atoms with Gasteiger partial charge in [-0.25, -0.2) is 0 Å². The molecule has 0 aromatic heterocycles. The third-order valence-electron chi connectivity index (χ3n) is 1.73. The maximum Gasteiger partial charge on any atom is 0 e. The molecule has 2 heterocycles. The fourth-order valence-electron chi connectivity index (χ4n) is 1.25. The van der Waals surface area contributed by atoms with Gasteiger partial charge in [0.25, 0.3) is 0 Å². The molecule has 2 atom stereocenters. The van der Waals surface area contributed by atoms with E-state index in [2.05, 4.69) is 17.3 Å². The molecule has 2 nitrogen and oxygen atoms in total. The second-order valence-electron chi connectivity index (χ2n) is 2.50. The molecule has 0 spiro atoms. The minimum Gasteiger partial charge on any atom is -0.657 e. The molecule has 0 aromatic carbocycles. The standard InChI is InChI=1S/C5H9N2.U/c1-7-2-4-5(3-7)6-4;/h4-5H,2-3H2,1H3;/q-1;. The molecule has 2 rings (SSSR count). The Labute approximate surface area is 73.4 Å². The Morgan fingerprint density at radius 1 is 1.38 bits per heavy atom. The first-order valence-electron chi connectivity index (χ1n) is 2.75. The van der Waals surface area contributed by atoms with Crippen molar-refractivity contribution < 1.29 is 31.1 Å². The first-order chi connectivity index (χ1) is 3.36. The SMILES string of the molecule is CN1CC2[N-]C2C1.[U]. The van der Waals surface area contributed by atoms with Crippen LogP contribution in [0.4, 0.5) is 0 Å². The van der Waals surface area contributed by atoms with Crippen molar-refractivity contribution >= 4 is 0 Å². The number of hydrogen-bond donors (Lipinski definition) is 0. The zero-order valence-electron chi connectivity index (χ0n) is 4.96. The van der Waals surface area contributed by atoms with Crippen molar-refractivity contribution in [2.75, 3.05) is 20.1 Å². The second kappa shape index (κ2) is 2.30. The number of likely N-dealkylation sites (N-methyl/N-ethyl adjacent to an activating group) is 1. The molecule has 8 heavy (non-hydrogen) atoms. The van der Waals surface area contributed by atoms with E-state index in [9.17, 15) is 0 Å². The minimum absolute atomic E-state index is 0. The molecule has 0 amide bonds. The van der Waals surface area contributed by atoms with Crippen molar-refractivity contribution in [2.24, 2.45) is 0 Å². The zero-order chi connectivity index (χ0) is 4.85. The van der Waals surface area contributed by atoms with E-state index in [1.165, 1.54) is 13.1 Å². The Morgan fingerprint density at radius 2 is 1.88 bits per heavy atom.